The highest BCUT2D eigenvalue weighted by Gasteiger charge is 2.08. The highest BCUT2D eigenvalue weighted by molar-refractivity contribution is 6.30. The van der Waals surface area contributed by atoms with Crippen molar-refractivity contribution in [2.75, 3.05) is 31.5 Å². The Morgan fingerprint density at radius 3 is 2.39 bits per heavy atom. The van der Waals surface area contributed by atoms with Crippen LogP contribution >= 0.6 is 11.6 Å². The van der Waals surface area contributed by atoms with Crippen LogP contribution in [0.3, 0.4) is 0 Å². The molecule has 1 aromatic heterocycles. The molecule has 18 heavy (non-hydrogen) atoms. The largest absolute Gasteiger partial charge is 0.368 e. The van der Waals surface area contributed by atoms with Crippen molar-refractivity contribution < 1.29 is 0 Å². The third-order valence-electron chi connectivity index (χ3n) is 3.06. The van der Waals surface area contributed by atoms with Crippen molar-refractivity contribution in [1.82, 2.24) is 14.9 Å². The average molecular weight is 271 g/mol. The lowest BCUT2D eigenvalue weighted by atomic mass is 10.3. The van der Waals surface area contributed by atoms with Gasteiger partial charge < -0.3 is 10.2 Å². The van der Waals surface area contributed by atoms with Crippen LogP contribution in [-0.4, -0.2) is 41.0 Å². The minimum Gasteiger partial charge on any atom is -0.368 e. The average Bonchev–Trinajstić information content (AvgIpc) is 2.39. The van der Waals surface area contributed by atoms with Gasteiger partial charge >= 0.3 is 0 Å². The summed E-state index contributed by atoms with van der Waals surface area (Å²) in [6.07, 6.45) is 0.796. The summed E-state index contributed by atoms with van der Waals surface area (Å²) in [6, 6.07) is 0. The predicted octanol–water partition coefficient (Wildman–Crippen LogP) is 2.75. The van der Waals surface area contributed by atoms with E-state index in [0.29, 0.717) is 5.15 Å². The van der Waals surface area contributed by atoms with E-state index in [1.807, 2.05) is 13.8 Å². The van der Waals surface area contributed by atoms with Gasteiger partial charge in [0.1, 0.15) is 16.8 Å². The van der Waals surface area contributed by atoms with Gasteiger partial charge in [-0.3, -0.25) is 0 Å². The molecule has 0 saturated carbocycles. The van der Waals surface area contributed by atoms with Gasteiger partial charge in [0.2, 0.25) is 0 Å². The molecule has 0 fully saturated rings. The zero-order valence-electron chi connectivity index (χ0n) is 11.8. The molecule has 1 rings (SSSR count). The summed E-state index contributed by atoms with van der Waals surface area (Å²) >= 11 is 6.09. The molecule has 0 aliphatic heterocycles. The van der Waals surface area contributed by atoms with Crippen LogP contribution in [0.4, 0.5) is 5.82 Å². The first-order valence-electron chi connectivity index (χ1n) is 6.61. The second-order valence-electron chi connectivity index (χ2n) is 4.21. The summed E-state index contributed by atoms with van der Waals surface area (Å²) < 4.78 is 0. The van der Waals surface area contributed by atoms with E-state index in [9.17, 15) is 0 Å². The summed E-state index contributed by atoms with van der Waals surface area (Å²) in [4.78, 5) is 11.1. The first kappa shape index (κ1) is 15.2. The lowest BCUT2D eigenvalue weighted by molar-refractivity contribution is 0.316. The Morgan fingerprint density at radius 1 is 1.17 bits per heavy atom. The monoisotopic (exact) mass is 270 g/mol. The number of hydrogen-bond donors (Lipinski definition) is 1. The van der Waals surface area contributed by atoms with Gasteiger partial charge in [0.15, 0.2) is 0 Å². The van der Waals surface area contributed by atoms with Crippen LogP contribution in [-0.2, 0) is 6.42 Å². The summed E-state index contributed by atoms with van der Waals surface area (Å²) in [5, 5.41) is 3.90. The quantitative estimate of drug-likeness (QED) is 0.774. The van der Waals surface area contributed by atoms with Gasteiger partial charge in [-0.1, -0.05) is 32.4 Å². The van der Waals surface area contributed by atoms with E-state index in [0.717, 1.165) is 49.8 Å². The third kappa shape index (κ3) is 4.10. The van der Waals surface area contributed by atoms with E-state index >= 15 is 0 Å². The van der Waals surface area contributed by atoms with E-state index in [1.54, 1.807) is 0 Å². The molecule has 0 spiro atoms. The number of aromatic nitrogens is 2. The van der Waals surface area contributed by atoms with Crippen LogP contribution in [0, 0.1) is 6.92 Å². The van der Waals surface area contributed by atoms with Crippen LogP contribution in [0.2, 0.25) is 5.15 Å². The van der Waals surface area contributed by atoms with Crippen molar-refractivity contribution in [3.63, 3.8) is 0 Å². The van der Waals surface area contributed by atoms with Gasteiger partial charge in [-0.2, -0.15) is 0 Å². The predicted molar refractivity (Wildman–Crippen MR) is 77.4 cm³/mol. The van der Waals surface area contributed by atoms with E-state index < -0.39 is 0 Å². The summed E-state index contributed by atoms with van der Waals surface area (Å²) in [6.45, 7) is 12.3. The van der Waals surface area contributed by atoms with Crippen molar-refractivity contribution >= 4 is 17.4 Å². The number of nitrogens with zero attached hydrogens (tertiary/aromatic N) is 3. The molecule has 1 aromatic rings. The molecule has 1 N–H and O–H groups in total. The molecule has 0 saturated heterocycles. The molecular weight excluding hydrogens is 248 g/mol. The number of halogens is 1. The number of rotatable bonds is 7. The summed E-state index contributed by atoms with van der Waals surface area (Å²) in [5.74, 6) is 1.65. The highest BCUT2D eigenvalue weighted by Crippen LogP contribution is 2.19. The Morgan fingerprint density at radius 2 is 1.83 bits per heavy atom. The molecule has 0 aliphatic carbocycles. The number of likely N-dealkylation sites (N-methyl/N-ethyl adjacent to an activating group) is 1. The van der Waals surface area contributed by atoms with Gasteiger partial charge in [0.25, 0.3) is 0 Å². The van der Waals surface area contributed by atoms with Gasteiger partial charge in [-0.15, -0.1) is 0 Å². The van der Waals surface area contributed by atoms with Crippen molar-refractivity contribution in [3.8, 4) is 0 Å². The lowest BCUT2D eigenvalue weighted by Gasteiger charge is -2.19. The molecule has 102 valence electrons. The van der Waals surface area contributed by atoms with Crippen molar-refractivity contribution in [2.45, 2.75) is 34.1 Å². The van der Waals surface area contributed by atoms with E-state index in [4.69, 9.17) is 11.6 Å². The molecule has 0 amide bonds. The Hall–Kier alpha value is -0.870. The molecule has 0 unspecified atom stereocenters. The number of anilines is 1. The molecule has 5 heteroatoms. The zero-order valence-corrected chi connectivity index (χ0v) is 12.5. The van der Waals surface area contributed by atoms with E-state index in [1.165, 1.54) is 0 Å². The smallest absolute Gasteiger partial charge is 0.137 e. The molecule has 0 aromatic carbocycles. The first-order chi connectivity index (χ1) is 8.62. The summed E-state index contributed by atoms with van der Waals surface area (Å²) in [5.41, 5.74) is 0.924. The van der Waals surface area contributed by atoms with Crippen LogP contribution in [0.5, 0.6) is 0 Å². The second kappa shape index (κ2) is 7.54. The minimum atomic E-state index is 0.548. The van der Waals surface area contributed by atoms with Crippen LogP contribution in [0.1, 0.15) is 32.2 Å². The maximum atomic E-state index is 6.09. The maximum absolute atomic E-state index is 6.09. The topological polar surface area (TPSA) is 41.1 Å². The SMILES string of the molecule is CCc1nc(Cl)c(C)c(NCCN(CC)CC)n1. The Labute approximate surface area is 115 Å². The molecule has 0 aliphatic rings. The van der Waals surface area contributed by atoms with Crippen molar-refractivity contribution in [2.24, 2.45) is 0 Å². The number of hydrogen-bond acceptors (Lipinski definition) is 4. The molecule has 1 heterocycles. The molecule has 0 atom stereocenters. The first-order valence-corrected chi connectivity index (χ1v) is 6.99. The molecule has 0 radical (unpaired) electrons. The third-order valence-corrected chi connectivity index (χ3v) is 3.43. The van der Waals surface area contributed by atoms with Crippen molar-refractivity contribution in [1.29, 1.82) is 0 Å². The van der Waals surface area contributed by atoms with E-state index in [2.05, 4.69) is 34.0 Å². The Bertz CT molecular complexity index is 377. The highest BCUT2D eigenvalue weighted by atomic mass is 35.5. The van der Waals surface area contributed by atoms with Gasteiger partial charge in [0, 0.05) is 25.1 Å². The van der Waals surface area contributed by atoms with Gasteiger partial charge in [-0.05, 0) is 20.0 Å². The van der Waals surface area contributed by atoms with E-state index in [-0.39, 0.29) is 0 Å². The lowest BCUT2D eigenvalue weighted by Crippen LogP contribution is -2.29. The number of nitrogens with one attached hydrogen (secondary N) is 1. The summed E-state index contributed by atoms with van der Waals surface area (Å²) in [7, 11) is 0. The van der Waals surface area contributed by atoms with Crippen LogP contribution < -0.4 is 5.32 Å². The normalized spacial score (nSPS) is 11.0. The Kier molecular flexibility index (Phi) is 6.36. The van der Waals surface area contributed by atoms with Crippen molar-refractivity contribution in [3.05, 3.63) is 16.5 Å². The number of aryl methyl sites for hydroxylation is 1. The maximum Gasteiger partial charge on any atom is 0.137 e. The standard InChI is InChI=1S/C13H23ClN4/c1-5-11-16-12(14)10(4)13(17-11)15-8-9-18(6-2)7-3/h5-9H2,1-4H3,(H,15,16,17). The van der Waals surface area contributed by atoms with Gasteiger partial charge in [-0.25, -0.2) is 9.97 Å². The Balaban J connectivity index is 2.64. The zero-order chi connectivity index (χ0) is 13.5. The van der Waals surface area contributed by atoms with Crippen LogP contribution in [0.25, 0.3) is 0 Å². The fourth-order valence-electron chi connectivity index (χ4n) is 1.74. The molecule has 0 bridgehead atoms. The fourth-order valence-corrected chi connectivity index (χ4v) is 1.92. The molecule has 4 nitrogen and oxygen atoms in total. The second-order valence-corrected chi connectivity index (χ2v) is 4.57. The van der Waals surface area contributed by atoms with Crippen LogP contribution in [0.15, 0.2) is 0 Å². The fraction of sp³-hybridized carbons (Fsp3) is 0.692. The molecular formula is C13H23ClN4. The van der Waals surface area contributed by atoms with Gasteiger partial charge in [0.05, 0.1) is 0 Å². The minimum absolute atomic E-state index is 0.548.